The van der Waals surface area contributed by atoms with Crippen LogP contribution in [0.15, 0.2) is 81.5 Å². The summed E-state index contributed by atoms with van der Waals surface area (Å²) in [5.41, 5.74) is 2.20. The summed E-state index contributed by atoms with van der Waals surface area (Å²) in [5, 5.41) is 4.92. The van der Waals surface area contributed by atoms with Crippen molar-refractivity contribution >= 4 is 86.2 Å². The van der Waals surface area contributed by atoms with Gasteiger partial charge in [-0.25, -0.2) is 9.97 Å². The minimum absolute atomic E-state index is 1.07. The van der Waals surface area contributed by atoms with Gasteiger partial charge >= 0.3 is 0 Å². The molecule has 0 radical (unpaired) electrons. The predicted octanol–water partition coefficient (Wildman–Crippen LogP) is 8.01. The lowest BCUT2D eigenvalue weighted by atomic mass is 10.1. The molecule has 6 rings (SSSR count). The summed E-state index contributed by atoms with van der Waals surface area (Å²) in [6.07, 6.45) is 0. The second-order valence-corrected chi connectivity index (χ2v) is 11.1. The zero-order valence-corrected chi connectivity index (χ0v) is 17.7. The van der Waals surface area contributed by atoms with Gasteiger partial charge in [-0.2, -0.15) is 0 Å². The van der Waals surface area contributed by atoms with Crippen LogP contribution >= 0.6 is 44.3 Å². The third-order valence-corrected chi connectivity index (χ3v) is 9.72. The highest BCUT2D eigenvalue weighted by Crippen LogP contribution is 2.44. The zero-order valence-electron chi connectivity index (χ0n) is 14.5. The van der Waals surface area contributed by atoms with E-state index in [1.54, 1.807) is 44.3 Å². The fourth-order valence-corrected chi connectivity index (χ4v) is 7.94. The quantitative estimate of drug-likeness (QED) is 0.264. The fourth-order valence-electron chi connectivity index (χ4n) is 3.42. The van der Waals surface area contributed by atoms with E-state index in [-0.39, 0.29) is 0 Å². The van der Waals surface area contributed by atoms with Gasteiger partial charge in [0.2, 0.25) is 0 Å². The van der Waals surface area contributed by atoms with Crippen LogP contribution in [-0.2, 0) is 0 Å². The maximum atomic E-state index is 4.90. The molecule has 2 nitrogen and oxygen atoms in total. The first-order valence-corrected chi connectivity index (χ1v) is 12.5. The van der Waals surface area contributed by atoms with Gasteiger partial charge in [-0.05, 0) is 44.5 Å². The molecule has 0 atom stereocenters. The third kappa shape index (κ3) is 2.79. The lowest BCUT2D eigenvalue weighted by molar-refractivity contribution is 1.31. The average Bonchev–Trinajstić information content (AvgIpc) is 3.36. The smallest absolute Gasteiger partial charge is 0.162 e. The third-order valence-electron chi connectivity index (χ3n) is 4.71. The number of fused-ring (bicyclic) bond motifs is 6. The highest BCUT2D eigenvalue weighted by Gasteiger charge is 2.12. The molecule has 6 aromatic rings. The second-order valence-electron chi connectivity index (χ2n) is 6.39. The van der Waals surface area contributed by atoms with Crippen molar-refractivity contribution in [3.05, 3.63) is 72.8 Å². The maximum absolute atomic E-state index is 4.90. The molecule has 2 aromatic heterocycles. The van der Waals surface area contributed by atoms with Crippen LogP contribution in [0, 0.1) is 0 Å². The Morgan fingerprint density at radius 2 is 1.00 bits per heavy atom. The van der Waals surface area contributed by atoms with Crippen molar-refractivity contribution in [1.82, 2.24) is 9.97 Å². The molecule has 0 aliphatic heterocycles. The van der Waals surface area contributed by atoms with Crippen molar-refractivity contribution in [3.63, 3.8) is 0 Å². The van der Waals surface area contributed by atoms with Crippen LogP contribution < -0.4 is 0 Å². The van der Waals surface area contributed by atoms with E-state index in [0.29, 0.717) is 0 Å². The minimum Gasteiger partial charge on any atom is -0.228 e. The van der Waals surface area contributed by atoms with Crippen molar-refractivity contribution in [3.8, 4) is 0 Å². The van der Waals surface area contributed by atoms with E-state index in [0.717, 1.165) is 19.7 Å². The van der Waals surface area contributed by atoms with Gasteiger partial charge < -0.3 is 0 Å². The van der Waals surface area contributed by atoms with E-state index in [9.17, 15) is 0 Å². The van der Waals surface area contributed by atoms with E-state index in [1.165, 1.54) is 30.9 Å². The van der Waals surface area contributed by atoms with E-state index in [4.69, 9.17) is 9.97 Å². The molecule has 0 amide bonds. The molecular formula is C22H12N2S4. The van der Waals surface area contributed by atoms with Gasteiger partial charge in [0, 0.05) is 10.8 Å². The first-order chi connectivity index (χ1) is 13.8. The number of hydrogen-bond acceptors (Lipinski definition) is 6. The van der Waals surface area contributed by atoms with Gasteiger partial charge in [-0.1, -0.05) is 60.7 Å². The van der Waals surface area contributed by atoms with Gasteiger partial charge in [0.25, 0.3) is 0 Å². The highest BCUT2D eigenvalue weighted by molar-refractivity contribution is 8.77. The first kappa shape index (κ1) is 16.8. The normalized spacial score (nSPS) is 11.9. The zero-order chi connectivity index (χ0) is 18.5. The summed E-state index contributed by atoms with van der Waals surface area (Å²) >= 11 is 3.50. The van der Waals surface area contributed by atoms with Crippen LogP contribution in [0.1, 0.15) is 0 Å². The number of benzene rings is 4. The Morgan fingerprint density at radius 1 is 0.536 bits per heavy atom. The van der Waals surface area contributed by atoms with Crippen LogP contribution in [0.5, 0.6) is 0 Å². The molecule has 0 aliphatic rings. The number of nitrogens with zero attached hydrogens (tertiary/aromatic N) is 2. The molecule has 0 saturated carbocycles. The topological polar surface area (TPSA) is 25.8 Å². The van der Waals surface area contributed by atoms with Crippen molar-refractivity contribution in [2.45, 2.75) is 8.68 Å². The second kappa shape index (κ2) is 6.74. The van der Waals surface area contributed by atoms with Crippen LogP contribution in [0.25, 0.3) is 42.0 Å². The van der Waals surface area contributed by atoms with E-state index in [2.05, 4.69) is 72.8 Å². The van der Waals surface area contributed by atoms with Gasteiger partial charge in [0.15, 0.2) is 8.68 Å². The standard InChI is InChI=1S/C22H12N2S4/c1-3-7-15-13(5-1)9-11-17-19(15)23-21(25-17)27-28-22-24-20-16-8-4-2-6-14(16)10-12-18(20)26-22/h1-12H. The molecule has 134 valence electrons. The summed E-state index contributed by atoms with van der Waals surface area (Å²) < 4.78 is 4.61. The summed E-state index contributed by atoms with van der Waals surface area (Å²) in [4.78, 5) is 9.79. The number of aromatic nitrogens is 2. The molecule has 0 unspecified atom stereocenters. The van der Waals surface area contributed by atoms with Crippen molar-refractivity contribution in [1.29, 1.82) is 0 Å². The Balaban J connectivity index is 1.34. The number of rotatable bonds is 3. The predicted molar refractivity (Wildman–Crippen MR) is 126 cm³/mol. The molecule has 0 bridgehead atoms. The molecule has 6 heteroatoms. The summed E-state index contributed by atoms with van der Waals surface area (Å²) in [6.45, 7) is 0. The number of hydrogen-bond donors (Lipinski definition) is 0. The lowest BCUT2D eigenvalue weighted by Crippen LogP contribution is -1.75. The largest absolute Gasteiger partial charge is 0.228 e. The summed E-state index contributed by atoms with van der Waals surface area (Å²) in [5.74, 6) is 0. The minimum atomic E-state index is 1.07. The Bertz CT molecular complexity index is 1370. The molecule has 2 heterocycles. The first-order valence-electron chi connectivity index (χ1n) is 8.76. The molecule has 28 heavy (non-hydrogen) atoms. The Kier molecular flexibility index (Phi) is 4.04. The van der Waals surface area contributed by atoms with E-state index in [1.807, 2.05) is 0 Å². The molecule has 0 aliphatic carbocycles. The van der Waals surface area contributed by atoms with Crippen molar-refractivity contribution in [2.75, 3.05) is 0 Å². The molecule has 0 saturated heterocycles. The Labute approximate surface area is 177 Å². The molecule has 0 spiro atoms. The SMILES string of the molecule is c1ccc2c(c1)ccc1sc(SSc3nc4c(ccc5ccccc54)s3)nc12. The molecule has 0 N–H and O–H groups in total. The van der Waals surface area contributed by atoms with Crippen molar-refractivity contribution < 1.29 is 0 Å². The highest BCUT2D eigenvalue weighted by atomic mass is 33.1. The fraction of sp³-hybridized carbons (Fsp3) is 0. The van der Waals surface area contributed by atoms with E-state index < -0.39 is 0 Å². The molecule has 4 aromatic carbocycles. The van der Waals surface area contributed by atoms with Gasteiger partial charge in [0.1, 0.15) is 0 Å². The average molecular weight is 433 g/mol. The van der Waals surface area contributed by atoms with Gasteiger partial charge in [-0.3, -0.25) is 0 Å². The van der Waals surface area contributed by atoms with Crippen LogP contribution in [-0.4, -0.2) is 9.97 Å². The monoisotopic (exact) mass is 432 g/mol. The van der Waals surface area contributed by atoms with Crippen LogP contribution in [0.3, 0.4) is 0 Å². The van der Waals surface area contributed by atoms with Crippen LogP contribution in [0.2, 0.25) is 0 Å². The molecular weight excluding hydrogens is 421 g/mol. The maximum Gasteiger partial charge on any atom is 0.162 e. The van der Waals surface area contributed by atoms with Crippen LogP contribution in [0.4, 0.5) is 0 Å². The lowest BCUT2D eigenvalue weighted by Gasteiger charge is -1.96. The summed E-state index contributed by atoms with van der Waals surface area (Å²) in [7, 11) is 3.40. The van der Waals surface area contributed by atoms with E-state index >= 15 is 0 Å². The van der Waals surface area contributed by atoms with Crippen molar-refractivity contribution in [2.24, 2.45) is 0 Å². The van der Waals surface area contributed by atoms with Gasteiger partial charge in [-0.15, -0.1) is 22.7 Å². The summed E-state index contributed by atoms with van der Waals surface area (Å²) in [6, 6.07) is 25.6. The Morgan fingerprint density at radius 3 is 1.50 bits per heavy atom. The van der Waals surface area contributed by atoms with Gasteiger partial charge in [0.05, 0.1) is 20.4 Å². The number of thiazole rings is 2. The Hall–Kier alpha value is -2.12. The molecule has 0 fully saturated rings.